The molecule has 11 heteroatoms. The number of alkyl halides is 3. The van der Waals surface area contributed by atoms with Gasteiger partial charge in [-0.1, -0.05) is 0 Å². The summed E-state index contributed by atoms with van der Waals surface area (Å²) in [6, 6.07) is 0.712. The van der Waals surface area contributed by atoms with Crippen LogP contribution in [-0.2, 0) is 16.0 Å². The molecule has 0 saturated heterocycles. The minimum Gasteiger partial charge on any atom is -0.481 e. The monoisotopic (exact) mass is 310 g/mol. The number of aromatic nitrogens is 1. The lowest BCUT2D eigenvalue weighted by atomic mass is 10.2. The largest absolute Gasteiger partial charge is 0.574 e. The molecule has 0 N–H and O–H groups in total. The molecule has 1 aromatic heterocycles. The van der Waals surface area contributed by atoms with Gasteiger partial charge in [-0.3, -0.25) is 14.9 Å². The molecule has 0 aliphatic heterocycles. The van der Waals surface area contributed by atoms with E-state index < -0.39 is 41.1 Å². The fourth-order valence-electron chi connectivity index (χ4n) is 1.36. The third kappa shape index (κ3) is 4.47. The Hall–Kier alpha value is -2.59. The number of methoxy groups -OCH3 is 2. The number of carbonyl (C=O) groups is 1. The molecular weight excluding hydrogens is 301 g/mol. The van der Waals surface area contributed by atoms with Gasteiger partial charge in [0, 0.05) is 11.6 Å². The summed E-state index contributed by atoms with van der Waals surface area (Å²) in [5, 5.41) is 10.8. The van der Waals surface area contributed by atoms with Crippen LogP contribution < -0.4 is 9.47 Å². The first-order valence-corrected chi connectivity index (χ1v) is 5.22. The van der Waals surface area contributed by atoms with Crippen LogP contribution >= 0.6 is 0 Å². The number of rotatable bonds is 5. The molecule has 0 spiro atoms. The predicted molar refractivity (Wildman–Crippen MR) is 59.8 cm³/mol. The van der Waals surface area contributed by atoms with E-state index in [1.54, 1.807) is 0 Å². The van der Waals surface area contributed by atoms with Crippen molar-refractivity contribution in [2.45, 2.75) is 12.8 Å². The molecule has 21 heavy (non-hydrogen) atoms. The molecule has 0 amide bonds. The van der Waals surface area contributed by atoms with Gasteiger partial charge in [-0.15, -0.1) is 13.2 Å². The Morgan fingerprint density at radius 1 is 1.38 bits per heavy atom. The molecule has 0 radical (unpaired) electrons. The number of carbonyl (C=O) groups excluding carboxylic acids is 1. The summed E-state index contributed by atoms with van der Waals surface area (Å²) in [7, 11) is 2.16. The van der Waals surface area contributed by atoms with Crippen molar-refractivity contribution in [2.75, 3.05) is 14.2 Å². The van der Waals surface area contributed by atoms with Gasteiger partial charge in [-0.25, -0.2) is 0 Å². The molecule has 0 aromatic carbocycles. The van der Waals surface area contributed by atoms with E-state index in [1.165, 1.54) is 0 Å². The summed E-state index contributed by atoms with van der Waals surface area (Å²) in [6.45, 7) is 0. The molecule has 0 saturated carbocycles. The average molecular weight is 310 g/mol. The van der Waals surface area contributed by atoms with Gasteiger partial charge in [0.2, 0.25) is 5.88 Å². The van der Waals surface area contributed by atoms with E-state index in [0.717, 1.165) is 14.2 Å². The van der Waals surface area contributed by atoms with Crippen LogP contribution in [0.25, 0.3) is 0 Å². The lowest BCUT2D eigenvalue weighted by Gasteiger charge is -2.11. The van der Waals surface area contributed by atoms with Crippen molar-refractivity contribution in [3.63, 3.8) is 0 Å². The average Bonchev–Trinajstić information content (AvgIpc) is 2.37. The van der Waals surface area contributed by atoms with Crippen LogP contribution in [0, 0.1) is 10.1 Å². The van der Waals surface area contributed by atoms with Gasteiger partial charge in [-0.05, 0) is 0 Å². The van der Waals surface area contributed by atoms with Crippen molar-refractivity contribution in [3.8, 4) is 11.8 Å². The zero-order valence-corrected chi connectivity index (χ0v) is 10.8. The number of nitro groups is 1. The molecule has 116 valence electrons. The fraction of sp³-hybridized carbons (Fsp3) is 0.400. The summed E-state index contributed by atoms with van der Waals surface area (Å²) < 4.78 is 49.1. The van der Waals surface area contributed by atoms with Gasteiger partial charge < -0.3 is 14.2 Å². The van der Waals surface area contributed by atoms with E-state index in [1.807, 2.05) is 0 Å². The second-order valence-electron chi connectivity index (χ2n) is 3.54. The normalized spacial score (nSPS) is 10.9. The number of pyridine rings is 1. The molecule has 0 fully saturated rings. The highest BCUT2D eigenvalue weighted by Crippen LogP contribution is 2.34. The van der Waals surface area contributed by atoms with Crippen LogP contribution in [-0.4, -0.2) is 36.5 Å². The maximum atomic E-state index is 12.2. The maximum absolute atomic E-state index is 12.2. The topological polar surface area (TPSA) is 101 Å². The Morgan fingerprint density at radius 3 is 2.43 bits per heavy atom. The van der Waals surface area contributed by atoms with E-state index >= 15 is 0 Å². The Kier molecular flexibility index (Phi) is 4.89. The summed E-state index contributed by atoms with van der Waals surface area (Å²) in [5.74, 6) is -2.46. The number of nitrogens with zero attached hydrogens (tertiary/aromatic N) is 2. The van der Waals surface area contributed by atoms with Crippen molar-refractivity contribution >= 4 is 11.7 Å². The Balaban J connectivity index is 3.33. The Morgan fingerprint density at radius 2 is 2.00 bits per heavy atom. The molecule has 0 unspecified atom stereocenters. The second kappa shape index (κ2) is 6.24. The number of esters is 1. The smallest absolute Gasteiger partial charge is 0.481 e. The first kappa shape index (κ1) is 16.5. The quantitative estimate of drug-likeness (QED) is 0.462. The number of hydrogen-bond acceptors (Lipinski definition) is 7. The number of hydrogen-bond donors (Lipinski definition) is 0. The molecule has 0 aliphatic carbocycles. The van der Waals surface area contributed by atoms with Gasteiger partial charge in [0.05, 0.1) is 25.6 Å². The molecule has 0 atom stereocenters. The number of halogens is 3. The third-order valence-electron chi connectivity index (χ3n) is 2.17. The van der Waals surface area contributed by atoms with Gasteiger partial charge in [0.25, 0.3) is 0 Å². The Bertz CT molecular complexity index is 560. The van der Waals surface area contributed by atoms with Gasteiger partial charge in [0.15, 0.2) is 0 Å². The van der Waals surface area contributed by atoms with Gasteiger partial charge in [-0.2, -0.15) is 4.98 Å². The van der Waals surface area contributed by atoms with Gasteiger partial charge >= 0.3 is 23.9 Å². The first-order chi connectivity index (χ1) is 9.67. The van der Waals surface area contributed by atoms with Gasteiger partial charge in [0.1, 0.15) is 0 Å². The SMILES string of the molecule is COC(=O)Cc1cc([N+](=O)[O-])c(OC(F)(F)F)nc1OC. The fourth-order valence-corrected chi connectivity index (χ4v) is 1.36. The van der Waals surface area contributed by atoms with Crippen LogP contribution in [0.2, 0.25) is 0 Å². The Labute approximate surface area is 115 Å². The van der Waals surface area contributed by atoms with Crippen LogP contribution in [0.15, 0.2) is 6.07 Å². The van der Waals surface area contributed by atoms with Crippen LogP contribution in [0.1, 0.15) is 5.56 Å². The van der Waals surface area contributed by atoms with E-state index in [2.05, 4.69) is 14.5 Å². The van der Waals surface area contributed by atoms with E-state index in [0.29, 0.717) is 6.07 Å². The molecule has 1 rings (SSSR count). The standard InChI is InChI=1S/C10H9F3N2O6/c1-19-7(16)4-5-3-6(15(17)18)9(14-8(5)20-2)21-10(11,12)13/h3H,4H2,1-2H3. The highest BCUT2D eigenvalue weighted by atomic mass is 19.4. The molecule has 8 nitrogen and oxygen atoms in total. The lowest BCUT2D eigenvalue weighted by Crippen LogP contribution is -2.19. The first-order valence-electron chi connectivity index (χ1n) is 5.22. The molecule has 1 heterocycles. The second-order valence-corrected chi connectivity index (χ2v) is 3.54. The summed E-state index contributed by atoms with van der Waals surface area (Å²) >= 11 is 0. The van der Waals surface area contributed by atoms with Crippen molar-refractivity contribution in [1.82, 2.24) is 4.98 Å². The summed E-state index contributed by atoms with van der Waals surface area (Å²) in [4.78, 5) is 24.1. The molecule has 0 aliphatic rings. The minimum absolute atomic E-state index is 0.106. The molecule has 0 bridgehead atoms. The molecule has 1 aromatic rings. The van der Waals surface area contributed by atoms with Crippen LogP contribution in [0.4, 0.5) is 18.9 Å². The number of ether oxygens (including phenoxy) is 3. The van der Waals surface area contributed by atoms with E-state index in [9.17, 15) is 28.1 Å². The highest BCUT2D eigenvalue weighted by Gasteiger charge is 2.36. The predicted octanol–water partition coefficient (Wildman–Crippen LogP) is 1.61. The van der Waals surface area contributed by atoms with E-state index in [4.69, 9.17) is 4.74 Å². The van der Waals surface area contributed by atoms with Crippen LogP contribution in [0.3, 0.4) is 0 Å². The lowest BCUT2D eigenvalue weighted by molar-refractivity contribution is -0.389. The highest BCUT2D eigenvalue weighted by molar-refractivity contribution is 5.73. The maximum Gasteiger partial charge on any atom is 0.574 e. The van der Waals surface area contributed by atoms with Crippen LogP contribution in [0.5, 0.6) is 11.8 Å². The third-order valence-corrected chi connectivity index (χ3v) is 2.17. The summed E-state index contributed by atoms with van der Waals surface area (Å²) in [5.41, 5.74) is -1.15. The van der Waals surface area contributed by atoms with Crippen molar-refractivity contribution in [3.05, 3.63) is 21.7 Å². The van der Waals surface area contributed by atoms with Crippen molar-refractivity contribution in [1.29, 1.82) is 0 Å². The van der Waals surface area contributed by atoms with Crippen molar-refractivity contribution in [2.24, 2.45) is 0 Å². The zero-order valence-electron chi connectivity index (χ0n) is 10.8. The minimum atomic E-state index is -5.16. The van der Waals surface area contributed by atoms with E-state index in [-0.39, 0.29) is 5.56 Å². The van der Waals surface area contributed by atoms with Crippen molar-refractivity contribution < 1.29 is 37.1 Å². The molecular formula is C10H9F3N2O6. The zero-order chi connectivity index (χ0) is 16.2. The summed E-state index contributed by atoms with van der Waals surface area (Å²) in [6.07, 6.45) is -5.62.